The van der Waals surface area contributed by atoms with Crippen molar-refractivity contribution in [2.75, 3.05) is 13.2 Å². The van der Waals surface area contributed by atoms with Crippen LogP contribution < -0.4 is 0 Å². The van der Waals surface area contributed by atoms with Gasteiger partial charge in [0.25, 0.3) is 0 Å². The summed E-state index contributed by atoms with van der Waals surface area (Å²) in [7, 11) is 0. The summed E-state index contributed by atoms with van der Waals surface area (Å²) >= 11 is 0. The molecule has 0 aliphatic heterocycles. The van der Waals surface area contributed by atoms with Crippen LogP contribution in [-0.2, 0) is 11.8 Å². The van der Waals surface area contributed by atoms with E-state index in [1.54, 1.807) is 6.07 Å². The summed E-state index contributed by atoms with van der Waals surface area (Å²) in [6, 6.07) is 5.47. The van der Waals surface area contributed by atoms with Crippen LogP contribution in [0.2, 0.25) is 0 Å². The molecule has 0 atom stereocenters. The highest BCUT2D eigenvalue weighted by Gasteiger charge is 2.19. The first-order chi connectivity index (χ1) is 7.88. The second-order valence-corrected chi connectivity index (χ2v) is 5.54. The van der Waals surface area contributed by atoms with E-state index in [9.17, 15) is 5.11 Å². The van der Waals surface area contributed by atoms with E-state index in [-0.39, 0.29) is 24.5 Å². The van der Waals surface area contributed by atoms with Crippen LogP contribution >= 0.6 is 0 Å². The van der Waals surface area contributed by atoms with E-state index in [4.69, 9.17) is 10.2 Å². The van der Waals surface area contributed by atoms with E-state index in [0.717, 1.165) is 11.1 Å². The van der Waals surface area contributed by atoms with Crippen LogP contribution in [0.15, 0.2) is 18.2 Å². The van der Waals surface area contributed by atoms with Gasteiger partial charge < -0.3 is 15.3 Å². The summed E-state index contributed by atoms with van der Waals surface area (Å²) in [6.45, 7) is 6.08. The third-order valence-electron chi connectivity index (χ3n) is 2.91. The third-order valence-corrected chi connectivity index (χ3v) is 2.91. The van der Waals surface area contributed by atoms with Gasteiger partial charge in [-0.05, 0) is 29.0 Å². The summed E-state index contributed by atoms with van der Waals surface area (Å²) in [5, 5.41) is 27.9. The normalized spacial score (nSPS) is 12.1. The molecule has 1 aromatic carbocycles. The maximum absolute atomic E-state index is 9.82. The van der Waals surface area contributed by atoms with E-state index >= 15 is 0 Å². The Morgan fingerprint density at radius 1 is 1.12 bits per heavy atom. The fraction of sp³-hybridized carbons (Fsp3) is 0.571. The van der Waals surface area contributed by atoms with Crippen molar-refractivity contribution in [3.8, 4) is 5.75 Å². The summed E-state index contributed by atoms with van der Waals surface area (Å²) < 4.78 is 0. The van der Waals surface area contributed by atoms with Gasteiger partial charge in [-0.3, -0.25) is 0 Å². The number of hydrogen-bond acceptors (Lipinski definition) is 3. The lowest BCUT2D eigenvalue weighted by molar-refractivity contribution is 0.150. The topological polar surface area (TPSA) is 60.7 Å². The second kappa shape index (κ2) is 5.52. The highest BCUT2D eigenvalue weighted by atomic mass is 16.3. The van der Waals surface area contributed by atoms with Gasteiger partial charge in [-0.25, -0.2) is 0 Å². The molecule has 1 aromatic rings. The molecule has 0 heterocycles. The van der Waals surface area contributed by atoms with Crippen LogP contribution in [0.4, 0.5) is 0 Å². The summed E-state index contributed by atoms with van der Waals surface area (Å²) in [4.78, 5) is 0. The lowest BCUT2D eigenvalue weighted by Gasteiger charge is -2.22. The van der Waals surface area contributed by atoms with Crippen LogP contribution in [0, 0.1) is 5.92 Å². The van der Waals surface area contributed by atoms with Gasteiger partial charge in [0.2, 0.25) is 0 Å². The maximum Gasteiger partial charge on any atom is 0.119 e. The minimum Gasteiger partial charge on any atom is -0.508 e. The molecule has 3 nitrogen and oxygen atoms in total. The Hall–Kier alpha value is -1.06. The molecule has 0 amide bonds. The number of aliphatic hydroxyl groups is 2. The van der Waals surface area contributed by atoms with Gasteiger partial charge in [-0.15, -0.1) is 0 Å². The Balaban J connectivity index is 2.97. The zero-order chi connectivity index (χ0) is 13.1. The predicted molar refractivity (Wildman–Crippen MR) is 68.2 cm³/mol. The second-order valence-electron chi connectivity index (χ2n) is 5.54. The molecule has 0 aliphatic rings. The van der Waals surface area contributed by atoms with Crippen LogP contribution in [-0.4, -0.2) is 28.5 Å². The Bertz CT molecular complexity index is 362. The molecule has 3 N–H and O–H groups in total. The number of phenolic OH excluding ortho intramolecular Hbond substituents is 1. The van der Waals surface area contributed by atoms with Crippen LogP contribution in [0.1, 0.15) is 31.9 Å². The Morgan fingerprint density at radius 2 is 1.71 bits per heavy atom. The molecule has 17 heavy (non-hydrogen) atoms. The average molecular weight is 238 g/mol. The number of rotatable bonds is 4. The molecule has 0 aromatic heterocycles. The molecule has 0 saturated carbocycles. The molecular formula is C14H22O3. The van der Waals surface area contributed by atoms with Crippen molar-refractivity contribution in [2.45, 2.75) is 32.6 Å². The number of hydrogen-bond donors (Lipinski definition) is 3. The van der Waals surface area contributed by atoms with E-state index < -0.39 is 0 Å². The molecule has 0 radical (unpaired) electrons. The first-order valence-corrected chi connectivity index (χ1v) is 5.92. The van der Waals surface area contributed by atoms with Gasteiger partial charge in [0, 0.05) is 19.1 Å². The van der Waals surface area contributed by atoms with Gasteiger partial charge in [0.1, 0.15) is 5.75 Å². The number of phenols is 1. The Kier molecular flexibility index (Phi) is 4.54. The lowest BCUT2D eigenvalue weighted by atomic mass is 9.84. The molecule has 3 heteroatoms. The molecule has 0 fully saturated rings. The predicted octanol–water partition coefficient (Wildman–Crippen LogP) is 1.83. The van der Waals surface area contributed by atoms with Crippen molar-refractivity contribution >= 4 is 0 Å². The largest absolute Gasteiger partial charge is 0.508 e. The highest BCUT2D eigenvalue weighted by Crippen LogP contribution is 2.31. The molecule has 0 saturated heterocycles. The van der Waals surface area contributed by atoms with Crippen molar-refractivity contribution in [3.63, 3.8) is 0 Å². The molecule has 1 rings (SSSR count). The monoisotopic (exact) mass is 238 g/mol. The smallest absolute Gasteiger partial charge is 0.119 e. The first kappa shape index (κ1) is 14.0. The lowest BCUT2D eigenvalue weighted by Crippen LogP contribution is -2.16. The van der Waals surface area contributed by atoms with Crippen molar-refractivity contribution < 1.29 is 15.3 Å². The van der Waals surface area contributed by atoms with E-state index in [0.29, 0.717) is 12.2 Å². The van der Waals surface area contributed by atoms with Gasteiger partial charge in [0.05, 0.1) is 0 Å². The summed E-state index contributed by atoms with van der Waals surface area (Å²) in [5.41, 5.74) is 1.80. The number of benzene rings is 1. The molecular weight excluding hydrogens is 216 g/mol. The number of aliphatic hydroxyl groups excluding tert-OH is 2. The zero-order valence-electron chi connectivity index (χ0n) is 10.8. The summed E-state index contributed by atoms with van der Waals surface area (Å²) in [5.74, 6) is 0.165. The number of aromatic hydroxyl groups is 1. The third kappa shape index (κ3) is 3.72. The Labute approximate surface area is 103 Å². The first-order valence-electron chi connectivity index (χ1n) is 5.92. The van der Waals surface area contributed by atoms with Crippen molar-refractivity contribution in [2.24, 2.45) is 5.92 Å². The van der Waals surface area contributed by atoms with Gasteiger partial charge in [-0.1, -0.05) is 32.9 Å². The van der Waals surface area contributed by atoms with Crippen molar-refractivity contribution in [3.05, 3.63) is 29.3 Å². The minimum atomic E-state index is -0.132. The van der Waals surface area contributed by atoms with E-state index in [1.807, 2.05) is 32.9 Å². The molecule has 0 aliphatic carbocycles. The van der Waals surface area contributed by atoms with Gasteiger partial charge in [-0.2, -0.15) is 0 Å². The molecule has 0 unspecified atom stereocenters. The zero-order valence-corrected chi connectivity index (χ0v) is 10.8. The van der Waals surface area contributed by atoms with Crippen LogP contribution in [0.25, 0.3) is 0 Å². The average Bonchev–Trinajstić information content (AvgIpc) is 2.26. The maximum atomic E-state index is 9.82. The fourth-order valence-corrected chi connectivity index (χ4v) is 1.83. The van der Waals surface area contributed by atoms with Gasteiger partial charge >= 0.3 is 0 Å². The molecule has 0 spiro atoms. The van der Waals surface area contributed by atoms with Crippen LogP contribution in [0.5, 0.6) is 5.75 Å². The quantitative estimate of drug-likeness (QED) is 0.750. The SMILES string of the molecule is CC(C)(C)c1cc(CC(CO)CO)ccc1O. The fourth-order valence-electron chi connectivity index (χ4n) is 1.83. The minimum absolute atomic E-state index is 0.0256. The highest BCUT2D eigenvalue weighted by molar-refractivity contribution is 5.40. The molecule has 0 bridgehead atoms. The Morgan fingerprint density at radius 3 is 2.18 bits per heavy atom. The van der Waals surface area contributed by atoms with Crippen molar-refractivity contribution in [1.29, 1.82) is 0 Å². The summed E-state index contributed by atoms with van der Waals surface area (Å²) in [6.07, 6.45) is 0.621. The van der Waals surface area contributed by atoms with Crippen LogP contribution in [0.3, 0.4) is 0 Å². The standard InChI is InChI=1S/C14H22O3/c1-14(2,3)12-7-10(4-5-13(12)17)6-11(8-15)9-16/h4-5,7,11,15-17H,6,8-9H2,1-3H3. The van der Waals surface area contributed by atoms with E-state index in [1.165, 1.54) is 0 Å². The molecule has 96 valence electrons. The van der Waals surface area contributed by atoms with Crippen molar-refractivity contribution in [1.82, 2.24) is 0 Å². The van der Waals surface area contributed by atoms with E-state index in [2.05, 4.69) is 0 Å². The van der Waals surface area contributed by atoms with Gasteiger partial charge in [0.15, 0.2) is 0 Å².